The smallest absolute Gasteiger partial charge is 0.182 e. The van der Waals surface area contributed by atoms with E-state index in [0.717, 1.165) is 5.56 Å². The summed E-state index contributed by atoms with van der Waals surface area (Å²) in [6.45, 7) is 0.380. The summed E-state index contributed by atoms with van der Waals surface area (Å²) in [5.41, 5.74) is 1.97. The molecule has 17 heavy (non-hydrogen) atoms. The van der Waals surface area contributed by atoms with Crippen molar-refractivity contribution in [3.8, 4) is 0 Å². The van der Waals surface area contributed by atoms with Crippen LogP contribution < -0.4 is 5.31 Å². The van der Waals surface area contributed by atoms with E-state index in [-0.39, 0.29) is 6.30 Å². The standard InChI is InChI=1S/C12H11N5/c1-2-4-9(5-3-1)6-13-11-10-12(15-7-14-10)17-8-16-11/h1-5,7-8H,6H2,(H2,13,14,15,16,17)/i8D/hD. The zero-order valence-corrected chi connectivity index (χ0v) is 8.96. The largest absolute Gasteiger partial charge is 0.364 e. The van der Waals surface area contributed by atoms with Crippen molar-refractivity contribution in [3.63, 3.8) is 0 Å². The van der Waals surface area contributed by atoms with Gasteiger partial charge in [0.15, 0.2) is 12.9 Å². The average molecular weight is 227 g/mol. The summed E-state index contributed by atoms with van der Waals surface area (Å²) < 4.78 is 15.6. The van der Waals surface area contributed by atoms with Crippen LogP contribution in [0.15, 0.2) is 43.0 Å². The van der Waals surface area contributed by atoms with Crippen LogP contribution in [0.5, 0.6) is 0 Å². The number of fused-ring (bicyclic) bond motifs is 1. The highest BCUT2D eigenvalue weighted by molar-refractivity contribution is 5.81. The lowest BCUT2D eigenvalue weighted by Crippen LogP contribution is -2.02. The van der Waals surface area contributed by atoms with Gasteiger partial charge in [-0.15, -0.1) is 0 Å². The first-order chi connectivity index (χ1) is 9.24. The van der Waals surface area contributed by atoms with Gasteiger partial charge >= 0.3 is 0 Å². The number of hydrogen-bond acceptors (Lipinski definition) is 4. The van der Waals surface area contributed by atoms with E-state index in [1.807, 2.05) is 30.3 Å². The van der Waals surface area contributed by atoms with Crippen LogP contribution in [-0.4, -0.2) is 19.9 Å². The lowest BCUT2D eigenvalue weighted by atomic mass is 10.2. The van der Waals surface area contributed by atoms with Gasteiger partial charge in [-0.2, -0.15) is 0 Å². The van der Waals surface area contributed by atoms with Gasteiger partial charge in [0, 0.05) is 6.54 Å². The minimum absolute atomic E-state index is 0.139. The fourth-order valence-electron chi connectivity index (χ4n) is 1.58. The Balaban J connectivity index is 1.97. The highest BCUT2D eigenvalue weighted by atomic mass is 15.1. The first kappa shape index (κ1) is 7.78. The third kappa shape index (κ3) is 1.94. The summed E-state index contributed by atoms with van der Waals surface area (Å²) in [7, 11) is 0. The van der Waals surface area contributed by atoms with Gasteiger partial charge in [-0.25, -0.2) is 15.0 Å². The number of benzene rings is 1. The van der Waals surface area contributed by atoms with Gasteiger partial charge in [0.2, 0.25) is 0 Å². The van der Waals surface area contributed by atoms with E-state index in [0.29, 0.717) is 23.5 Å². The van der Waals surface area contributed by atoms with Gasteiger partial charge < -0.3 is 10.3 Å². The Kier molecular flexibility index (Phi) is 1.93. The van der Waals surface area contributed by atoms with E-state index in [2.05, 4.69) is 19.9 Å². The highest BCUT2D eigenvalue weighted by Gasteiger charge is 2.04. The molecule has 0 bridgehead atoms. The third-order valence-electron chi connectivity index (χ3n) is 2.41. The van der Waals surface area contributed by atoms with Crippen LogP contribution in [0, 0.1) is 0 Å². The van der Waals surface area contributed by atoms with Crippen LogP contribution in [0.1, 0.15) is 6.93 Å². The van der Waals surface area contributed by atoms with E-state index >= 15 is 0 Å². The summed E-state index contributed by atoms with van der Waals surface area (Å²) in [6.07, 6.45) is 1.35. The van der Waals surface area contributed by atoms with Gasteiger partial charge in [-0.05, 0) is 5.56 Å². The van der Waals surface area contributed by atoms with Crippen molar-refractivity contribution in [1.29, 1.82) is 0 Å². The number of aromatic nitrogens is 4. The van der Waals surface area contributed by atoms with Gasteiger partial charge in [0.25, 0.3) is 0 Å². The molecule has 0 amide bonds. The van der Waals surface area contributed by atoms with Crippen molar-refractivity contribution in [2.75, 3.05) is 5.31 Å². The predicted molar refractivity (Wildman–Crippen MR) is 65.5 cm³/mol. The van der Waals surface area contributed by atoms with Crippen LogP contribution in [-0.2, 0) is 6.54 Å². The lowest BCUT2D eigenvalue weighted by molar-refractivity contribution is 1.10. The van der Waals surface area contributed by atoms with Crippen LogP contribution in [0.25, 0.3) is 11.2 Å². The third-order valence-corrected chi connectivity index (χ3v) is 2.41. The molecule has 2 heterocycles. The maximum Gasteiger partial charge on any atom is 0.182 e. The SMILES string of the molecule is [2H]c1nc(N([2H])Cc2ccccc2)c2[nH]cnc2n1. The van der Waals surface area contributed by atoms with Crippen LogP contribution in [0.4, 0.5) is 5.82 Å². The molecule has 3 rings (SSSR count). The Labute approximate surface area is 101 Å². The monoisotopic (exact) mass is 227 g/mol. The summed E-state index contributed by atoms with van der Waals surface area (Å²) >= 11 is 0. The van der Waals surface area contributed by atoms with Crippen molar-refractivity contribution < 1.29 is 2.78 Å². The fourth-order valence-corrected chi connectivity index (χ4v) is 1.58. The minimum Gasteiger partial charge on any atom is -0.364 e. The Morgan fingerprint density at radius 2 is 2.12 bits per heavy atom. The van der Waals surface area contributed by atoms with Crippen LogP contribution >= 0.6 is 0 Å². The van der Waals surface area contributed by atoms with E-state index in [9.17, 15) is 0 Å². The summed E-state index contributed by atoms with van der Waals surface area (Å²) in [6, 6.07) is 9.65. The number of H-pyrrole nitrogens is 1. The number of imidazole rings is 1. The quantitative estimate of drug-likeness (QED) is 0.717. The molecule has 84 valence electrons. The van der Waals surface area contributed by atoms with Crippen LogP contribution in [0.2, 0.25) is 1.41 Å². The molecule has 1 aromatic carbocycles. The Morgan fingerprint density at radius 3 is 3.00 bits per heavy atom. The second kappa shape index (κ2) is 4.21. The van der Waals surface area contributed by atoms with E-state index < -0.39 is 0 Å². The van der Waals surface area contributed by atoms with Gasteiger partial charge in [-0.3, -0.25) is 0 Å². The molecule has 0 aliphatic carbocycles. The second-order valence-electron chi connectivity index (χ2n) is 3.55. The molecule has 5 heteroatoms. The molecule has 2 N–H and O–H groups in total. The van der Waals surface area contributed by atoms with Crippen molar-refractivity contribution in [1.82, 2.24) is 19.9 Å². The number of hydrogen-bond donors (Lipinski definition) is 2. The number of nitrogens with zero attached hydrogens (tertiary/aromatic N) is 3. The average Bonchev–Trinajstić information content (AvgIpc) is 2.86. The number of rotatable bonds is 3. The summed E-state index contributed by atoms with van der Waals surface area (Å²) in [4.78, 5) is 14.8. The molecule has 3 aromatic rings. The molecule has 0 saturated heterocycles. The first-order valence-electron chi connectivity index (χ1n) is 6.17. The van der Waals surface area contributed by atoms with E-state index in [1.165, 1.54) is 11.6 Å². The van der Waals surface area contributed by atoms with Gasteiger partial charge in [0.1, 0.15) is 13.2 Å². The molecule has 0 saturated carbocycles. The van der Waals surface area contributed by atoms with Crippen molar-refractivity contribution in [3.05, 3.63) is 48.5 Å². The topological polar surface area (TPSA) is 66.5 Å². The Hall–Kier alpha value is -2.43. The lowest BCUT2D eigenvalue weighted by Gasteiger charge is -2.05. The minimum atomic E-state index is -0.139. The second-order valence-corrected chi connectivity index (χ2v) is 3.55. The zero-order valence-electron chi connectivity index (χ0n) is 11.0. The Bertz CT molecular complexity index is 698. The molecule has 5 nitrogen and oxygen atoms in total. The predicted octanol–water partition coefficient (Wildman–Crippen LogP) is 1.96. The fraction of sp³-hybridized carbons (Fsp3) is 0.0833. The highest BCUT2D eigenvalue weighted by Crippen LogP contribution is 2.15. The van der Waals surface area contributed by atoms with Gasteiger partial charge in [0.05, 0.1) is 6.33 Å². The molecular weight excluding hydrogens is 214 g/mol. The van der Waals surface area contributed by atoms with Crippen LogP contribution in [0.3, 0.4) is 0 Å². The first-order valence-corrected chi connectivity index (χ1v) is 5.22. The normalized spacial score (nSPS) is 12.2. The molecule has 0 aliphatic rings. The number of aromatic amines is 1. The molecule has 0 aliphatic heterocycles. The maximum absolute atomic E-state index is 8.08. The molecule has 0 fully saturated rings. The summed E-state index contributed by atoms with van der Waals surface area (Å²) in [5.74, 6) is 0.358. The molecule has 2 aromatic heterocycles. The maximum atomic E-state index is 8.08. The number of nitrogens with one attached hydrogen (secondary N) is 2. The van der Waals surface area contributed by atoms with Crippen molar-refractivity contribution >= 4 is 17.0 Å². The summed E-state index contributed by atoms with van der Waals surface area (Å²) in [5, 5.41) is 1.23. The van der Waals surface area contributed by atoms with E-state index in [1.54, 1.807) is 0 Å². The molecule has 0 atom stereocenters. The number of anilines is 1. The molecular formula is C12H11N5. The van der Waals surface area contributed by atoms with E-state index in [4.69, 9.17) is 2.78 Å². The van der Waals surface area contributed by atoms with Crippen molar-refractivity contribution in [2.24, 2.45) is 0 Å². The van der Waals surface area contributed by atoms with Gasteiger partial charge in [-0.1, -0.05) is 30.3 Å². The molecule has 0 radical (unpaired) electrons. The zero-order chi connectivity index (χ0) is 13.2. The molecule has 0 spiro atoms. The Morgan fingerprint density at radius 1 is 1.24 bits per heavy atom. The van der Waals surface area contributed by atoms with Crippen molar-refractivity contribution in [2.45, 2.75) is 6.54 Å². The molecule has 0 unspecified atom stereocenters.